The molecule has 0 saturated carbocycles. The summed E-state index contributed by atoms with van der Waals surface area (Å²) in [5.74, 6) is 0.176. The second-order valence-electron chi connectivity index (χ2n) is 4.74. The molecule has 0 aromatic heterocycles. The highest BCUT2D eigenvalue weighted by Gasteiger charge is 2.32. The maximum atomic E-state index is 12.2. The molecule has 1 amide bonds. The topological polar surface area (TPSA) is 76.1 Å². The Labute approximate surface area is 116 Å². The maximum Gasteiger partial charge on any atom is 0.303 e. The predicted octanol–water partition coefficient (Wildman–Crippen LogP) is 1.25. The number of nitrogens with zero attached hydrogens (tertiary/aromatic N) is 1. The zero-order valence-corrected chi connectivity index (χ0v) is 11.5. The zero-order valence-electron chi connectivity index (χ0n) is 11.5. The Morgan fingerprint density at radius 1 is 1.25 bits per heavy atom. The molecule has 6 heteroatoms. The lowest BCUT2D eigenvalue weighted by Gasteiger charge is -2.38. The molecule has 1 aliphatic heterocycles. The highest BCUT2D eigenvalue weighted by molar-refractivity contribution is 5.95. The number of benzene rings is 1. The van der Waals surface area contributed by atoms with Gasteiger partial charge < -0.3 is 19.5 Å². The summed E-state index contributed by atoms with van der Waals surface area (Å²) in [5.41, 5.74) is 0.511. The summed E-state index contributed by atoms with van der Waals surface area (Å²) in [4.78, 5) is 24.4. The Bertz CT molecular complexity index is 522. The van der Waals surface area contributed by atoms with Crippen molar-refractivity contribution in [3.63, 3.8) is 0 Å². The van der Waals surface area contributed by atoms with Gasteiger partial charge in [-0.25, -0.2) is 0 Å². The molecule has 108 valence electrons. The first-order valence-electron chi connectivity index (χ1n) is 6.28. The minimum atomic E-state index is -0.826. The van der Waals surface area contributed by atoms with Crippen LogP contribution in [0.5, 0.6) is 11.5 Å². The van der Waals surface area contributed by atoms with Crippen LogP contribution in [0.2, 0.25) is 0 Å². The number of amides is 1. The van der Waals surface area contributed by atoms with Gasteiger partial charge in [0.25, 0.3) is 5.91 Å². The maximum absolute atomic E-state index is 12.2. The number of ether oxygens (including phenoxy) is 2. The molecule has 0 radical (unpaired) electrons. The van der Waals surface area contributed by atoms with Crippen molar-refractivity contribution < 1.29 is 24.2 Å². The molecule has 2 rings (SSSR count). The molecule has 0 spiro atoms. The molecule has 1 N–H and O–H groups in total. The van der Waals surface area contributed by atoms with Crippen LogP contribution < -0.4 is 9.47 Å². The van der Waals surface area contributed by atoms with E-state index in [9.17, 15) is 9.59 Å². The first-order chi connectivity index (χ1) is 9.55. The van der Waals surface area contributed by atoms with E-state index >= 15 is 0 Å². The lowest BCUT2D eigenvalue weighted by molar-refractivity contribution is -0.139. The minimum Gasteiger partial charge on any atom is -0.493 e. The molecular weight excluding hydrogens is 262 g/mol. The molecule has 1 aromatic carbocycles. The third-order valence-corrected chi connectivity index (χ3v) is 3.34. The largest absolute Gasteiger partial charge is 0.493 e. The van der Waals surface area contributed by atoms with E-state index in [1.807, 2.05) is 0 Å². The van der Waals surface area contributed by atoms with Crippen LogP contribution in [0.4, 0.5) is 0 Å². The molecule has 20 heavy (non-hydrogen) atoms. The number of carbonyl (C=O) groups excluding carboxylic acids is 1. The third-order valence-electron chi connectivity index (χ3n) is 3.34. The number of likely N-dealkylation sites (tertiary alicyclic amines) is 1. The molecule has 1 fully saturated rings. The van der Waals surface area contributed by atoms with E-state index in [2.05, 4.69) is 0 Å². The number of rotatable bonds is 5. The number of carboxylic acid groups (broad SMARTS) is 1. The van der Waals surface area contributed by atoms with Crippen molar-refractivity contribution in [2.24, 2.45) is 5.92 Å². The zero-order chi connectivity index (χ0) is 14.7. The summed E-state index contributed by atoms with van der Waals surface area (Å²) >= 11 is 0. The van der Waals surface area contributed by atoms with E-state index in [0.29, 0.717) is 30.2 Å². The third kappa shape index (κ3) is 2.84. The van der Waals surface area contributed by atoms with Crippen LogP contribution in [0.15, 0.2) is 18.2 Å². The fourth-order valence-corrected chi connectivity index (χ4v) is 2.26. The summed E-state index contributed by atoms with van der Waals surface area (Å²) in [6.45, 7) is 0.971. The summed E-state index contributed by atoms with van der Waals surface area (Å²) in [7, 11) is 3.05. The van der Waals surface area contributed by atoms with Crippen LogP contribution in [0.25, 0.3) is 0 Å². The SMILES string of the molecule is COc1ccc(C(=O)N2CC(CC(=O)O)C2)cc1OC. The number of aliphatic carboxylic acids is 1. The molecule has 0 unspecified atom stereocenters. The molecule has 0 bridgehead atoms. The highest BCUT2D eigenvalue weighted by Crippen LogP contribution is 2.29. The monoisotopic (exact) mass is 279 g/mol. The lowest BCUT2D eigenvalue weighted by atomic mass is 9.95. The normalized spacial score (nSPS) is 14.6. The van der Waals surface area contributed by atoms with E-state index in [4.69, 9.17) is 14.6 Å². The van der Waals surface area contributed by atoms with Crippen LogP contribution in [0, 0.1) is 5.92 Å². The standard InChI is InChI=1S/C14H17NO5/c1-19-11-4-3-10(6-12(11)20-2)14(18)15-7-9(8-15)5-13(16)17/h3-4,6,9H,5,7-8H2,1-2H3,(H,16,17). The van der Waals surface area contributed by atoms with Gasteiger partial charge in [0.15, 0.2) is 11.5 Å². The van der Waals surface area contributed by atoms with Gasteiger partial charge in [0.05, 0.1) is 20.6 Å². The molecule has 1 saturated heterocycles. The Kier molecular flexibility index (Phi) is 4.12. The van der Waals surface area contributed by atoms with Crippen LogP contribution in [-0.4, -0.2) is 49.2 Å². The van der Waals surface area contributed by atoms with E-state index in [0.717, 1.165) is 0 Å². The fourth-order valence-electron chi connectivity index (χ4n) is 2.26. The van der Waals surface area contributed by atoms with E-state index in [1.54, 1.807) is 23.1 Å². The van der Waals surface area contributed by atoms with Gasteiger partial charge in [-0.3, -0.25) is 9.59 Å². The van der Waals surface area contributed by atoms with Crippen molar-refractivity contribution in [2.75, 3.05) is 27.3 Å². The van der Waals surface area contributed by atoms with Gasteiger partial charge >= 0.3 is 5.97 Å². The minimum absolute atomic E-state index is 0.0524. The molecule has 1 heterocycles. The van der Waals surface area contributed by atoms with E-state index < -0.39 is 5.97 Å². The molecule has 1 aromatic rings. The Balaban J connectivity index is 2.02. The molecule has 6 nitrogen and oxygen atoms in total. The van der Waals surface area contributed by atoms with Crippen molar-refractivity contribution in [1.82, 2.24) is 4.90 Å². The summed E-state index contributed by atoms with van der Waals surface area (Å²) in [6.07, 6.45) is 0.107. The van der Waals surface area contributed by atoms with Gasteiger partial charge in [0, 0.05) is 24.6 Å². The van der Waals surface area contributed by atoms with Crippen LogP contribution in [0.3, 0.4) is 0 Å². The second-order valence-corrected chi connectivity index (χ2v) is 4.74. The number of carboxylic acids is 1. The van der Waals surface area contributed by atoms with Crippen LogP contribution in [-0.2, 0) is 4.79 Å². The van der Waals surface area contributed by atoms with Crippen molar-refractivity contribution >= 4 is 11.9 Å². The van der Waals surface area contributed by atoms with Gasteiger partial charge in [-0.1, -0.05) is 0 Å². The van der Waals surface area contributed by atoms with Gasteiger partial charge in [-0.15, -0.1) is 0 Å². The van der Waals surface area contributed by atoms with Gasteiger partial charge in [0.2, 0.25) is 0 Å². The smallest absolute Gasteiger partial charge is 0.303 e. The van der Waals surface area contributed by atoms with Gasteiger partial charge in [-0.2, -0.15) is 0 Å². The van der Waals surface area contributed by atoms with E-state index in [-0.39, 0.29) is 18.2 Å². The number of methoxy groups -OCH3 is 2. The summed E-state index contributed by atoms with van der Waals surface area (Å²) in [5, 5.41) is 8.68. The quantitative estimate of drug-likeness (QED) is 0.878. The van der Waals surface area contributed by atoms with Crippen LogP contribution in [0.1, 0.15) is 16.8 Å². The second kappa shape index (κ2) is 5.81. The number of carbonyl (C=O) groups is 2. The predicted molar refractivity (Wildman–Crippen MR) is 71.2 cm³/mol. The number of hydrogen-bond acceptors (Lipinski definition) is 4. The first kappa shape index (κ1) is 14.2. The Morgan fingerprint density at radius 2 is 1.90 bits per heavy atom. The molecule has 0 aliphatic carbocycles. The van der Waals surface area contributed by atoms with Crippen LogP contribution >= 0.6 is 0 Å². The van der Waals surface area contributed by atoms with Gasteiger partial charge in [-0.05, 0) is 18.2 Å². The van der Waals surface area contributed by atoms with Gasteiger partial charge in [0.1, 0.15) is 0 Å². The first-order valence-corrected chi connectivity index (χ1v) is 6.28. The van der Waals surface area contributed by atoms with Crippen molar-refractivity contribution in [3.8, 4) is 11.5 Å². The highest BCUT2D eigenvalue weighted by atomic mass is 16.5. The molecule has 1 aliphatic rings. The average molecular weight is 279 g/mol. The summed E-state index contributed by atoms with van der Waals surface area (Å²) in [6, 6.07) is 4.99. The number of hydrogen-bond donors (Lipinski definition) is 1. The molecular formula is C14H17NO5. The average Bonchev–Trinajstić information content (AvgIpc) is 2.40. The Hall–Kier alpha value is -2.24. The summed E-state index contributed by atoms with van der Waals surface area (Å²) < 4.78 is 10.3. The Morgan fingerprint density at radius 3 is 2.45 bits per heavy atom. The van der Waals surface area contributed by atoms with Crippen molar-refractivity contribution in [3.05, 3.63) is 23.8 Å². The van der Waals surface area contributed by atoms with Crippen molar-refractivity contribution in [1.29, 1.82) is 0 Å². The fraction of sp³-hybridized carbons (Fsp3) is 0.429. The lowest BCUT2D eigenvalue weighted by Crippen LogP contribution is -2.50. The van der Waals surface area contributed by atoms with E-state index in [1.165, 1.54) is 14.2 Å². The van der Waals surface area contributed by atoms with Crippen molar-refractivity contribution in [2.45, 2.75) is 6.42 Å². The molecule has 0 atom stereocenters.